The van der Waals surface area contributed by atoms with Gasteiger partial charge in [0.2, 0.25) is 0 Å². The second-order valence-corrected chi connectivity index (χ2v) is 4.27. The number of pyridine rings is 1. The van der Waals surface area contributed by atoms with Gasteiger partial charge in [0.15, 0.2) is 6.04 Å². The number of amides is 2. The molecule has 2 rings (SSSR count). The molecule has 2 aromatic rings. The molecule has 0 radical (unpaired) electrons. The van der Waals surface area contributed by atoms with E-state index in [4.69, 9.17) is 11.0 Å². The van der Waals surface area contributed by atoms with Crippen LogP contribution in [0.4, 0.5) is 0 Å². The molecule has 6 nitrogen and oxygen atoms in total. The number of nitrogens with zero attached hydrogens (tertiary/aromatic N) is 2. The van der Waals surface area contributed by atoms with Gasteiger partial charge in [0.1, 0.15) is 0 Å². The van der Waals surface area contributed by atoms with Crippen LogP contribution in [0, 0.1) is 18.3 Å². The molecule has 0 fully saturated rings. The number of carbonyl (C=O) groups is 2. The lowest BCUT2D eigenvalue weighted by Gasteiger charge is -2.10. The zero-order valence-electron chi connectivity index (χ0n) is 10.8. The van der Waals surface area contributed by atoms with Crippen molar-refractivity contribution >= 4 is 22.7 Å². The number of rotatable bonds is 3. The lowest BCUT2D eigenvalue weighted by Crippen LogP contribution is -2.43. The van der Waals surface area contributed by atoms with Gasteiger partial charge in [-0.25, -0.2) is 0 Å². The fourth-order valence-corrected chi connectivity index (χ4v) is 1.87. The summed E-state index contributed by atoms with van der Waals surface area (Å²) in [4.78, 5) is 27.5. The van der Waals surface area contributed by atoms with Gasteiger partial charge in [-0.15, -0.1) is 0 Å². The van der Waals surface area contributed by atoms with Crippen LogP contribution < -0.4 is 11.1 Å². The van der Waals surface area contributed by atoms with Crippen LogP contribution in [0.1, 0.15) is 16.1 Å². The summed E-state index contributed by atoms with van der Waals surface area (Å²) in [5.41, 5.74) is 6.72. The highest BCUT2D eigenvalue weighted by Crippen LogP contribution is 2.18. The van der Waals surface area contributed by atoms with Gasteiger partial charge in [-0.05, 0) is 19.1 Å². The highest BCUT2D eigenvalue weighted by molar-refractivity contribution is 6.07. The third-order valence-electron chi connectivity index (χ3n) is 2.78. The summed E-state index contributed by atoms with van der Waals surface area (Å²) in [5.74, 6) is -1.42. The Labute approximate surface area is 115 Å². The third kappa shape index (κ3) is 2.57. The van der Waals surface area contributed by atoms with Crippen molar-refractivity contribution in [2.45, 2.75) is 13.0 Å². The van der Waals surface area contributed by atoms with E-state index in [1.54, 1.807) is 37.3 Å². The molecular weight excluding hydrogens is 256 g/mol. The van der Waals surface area contributed by atoms with Crippen LogP contribution in [0.2, 0.25) is 0 Å². The maximum absolute atomic E-state index is 12.2. The molecule has 1 atom stereocenters. The predicted octanol–water partition coefficient (Wildman–Crippen LogP) is 0.650. The van der Waals surface area contributed by atoms with Crippen molar-refractivity contribution in [2.75, 3.05) is 0 Å². The first-order chi connectivity index (χ1) is 9.52. The molecule has 0 aliphatic heterocycles. The molecular formula is C14H12N4O2. The fraction of sp³-hybridized carbons (Fsp3) is 0.143. The SMILES string of the molecule is Cc1cc(C(=O)NC(C#N)C(N)=O)c2ccccc2n1. The normalized spacial score (nSPS) is 11.6. The molecule has 0 bridgehead atoms. The lowest BCUT2D eigenvalue weighted by molar-refractivity contribution is -0.118. The van der Waals surface area contributed by atoms with Crippen LogP contribution in [0.25, 0.3) is 10.9 Å². The summed E-state index contributed by atoms with van der Waals surface area (Å²) < 4.78 is 0. The van der Waals surface area contributed by atoms with Crippen molar-refractivity contribution in [3.8, 4) is 6.07 Å². The number of nitrogens with two attached hydrogens (primary N) is 1. The summed E-state index contributed by atoms with van der Waals surface area (Å²) in [7, 11) is 0. The van der Waals surface area contributed by atoms with Crippen molar-refractivity contribution in [1.29, 1.82) is 5.26 Å². The second-order valence-electron chi connectivity index (χ2n) is 4.27. The average Bonchev–Trinajstić information content (AvgIpc) is 2.43. The van der Waals surface area contributed by atoms with E-state index in [2.05, 4.69) is 10.3 Å². The van der Waals surface area contributed by atoms with Crippen LogP contribution in [0.15, 0.2) is 30.3 Å². The fourth-order valence-electron chi connectivity index (χ4n) is 1.87. The number of nitriles is 1. The molecule has 1 aromatic heterocycles. The van der Waals surface area contributed by atoms with Gasteiger partial charge in [-0.1, -0.05) is 18.2 Å². The quantitative estimate of drug-likeness (QED) is 0.851. The van der Waals surface area contributed by atoms with E-state index in [1.165, 1.54) is 0 Å². The van der Waals surface area contributed by atoms with Gasteiger partial charge in [0, 0.05) is 11.1 Å². The Bertz CT molecular complexity index is 734. The monoisotopic (exact) mass is 268 g/mol. The van der Waals surface area contributed by atoms with E-state index in [1.807, 2.05) is 6.07 Å². The number of fused-ring (bicyclic) bond motifs is 1. The van der Waals surface area contributed by atoms with E-state index in [0.717, 1.165) is 0 Å². The number of nitrogens with one attached hydrogen (secondary N) is 1. The van der Waals surface area contributed by atoms with Crippen molar-refractivity contribution in [3.63, 3.8) is 0 Å². The number of carbonyl (C=O) groups excluding carboxylic acids is 2. The zero-order valence-corrected chi connectivity index (χ0v) is 10.8. The molecule has 6 heteroatoms. The Morgan fingerprint density at radius 3 is 2.75 bits per heavy atom. The molecule has 1 aromatic carbocycles. The number of hydrogen-bond acceptors (Lipinski definition) is 4. The maximum Gasteiger partial charge on any atom is 0.254 e. The Balaban J connectivity index is 2.45. The van der Waals surface area contributed by atoms with Gasteiger partial charge in [-0.3, -0.25) is 14.6 Å². The van der Waals surface area contributed by atoms with Crippen molar-refractivity contribution < 1.29 is 9.59 Å². The van der Waals surface area contributed by atoms with E-state index in [-0.39, 0.29) is 0 Å². The Hall–Kier alpha value is -2.94. The van der Waals surface area contributed by atoms with Crippen LogP contribution in [0.5, 0.6) is 0 Å². The molecule has 20 heavy (non-hydrogen) atoms. The minimum atomic E-state index is -1.35. The number of para-hydroxylation sites is 1. The minimum absolute atomic E-state index is 0.356. The first-order valence-corrected chi connectivity index (χ1v) is 5.89. The molecule has 0 saturated heterocycles. The molecule has 0 aliphatic rings. The van der Waals surface area contributed by atoms with Crippen molar-refractivity contribution in [3.05, 3.63) is 41.6 Å². The van der Waals surface area contributed by atoms with Crippen LogP contribution in [0.3, 0.4) is 0 Å². The molecule has 100 valence electrons. The van der Waals surface area contributed by atoms with E-state index < -0.39 is 17.9 Å². The van der Waals surface area contributed by atoms with E-state index in [0.29, 0.717) is 22.2 Å². The standard InChI is InChI=1S/C14H12N4O2/c1-8-6-10(9-4-2-3-5-11(9)17-8)14(20)18-12(7-15)13(16)19/h2-6,12H,1H3,(H2,16,19)(H,18,20). The van der Waals surface area contributed by atoms with Gasteiger partial charge < -0.3 is 11.1 Å². The molecule has 1 heterocycles. The van der Waals surface area contributed by atoms with Crippen LogP contribution in [-0.2, 0) is 4.79 Å². The molecule has 2 amide bonds. The molecule has 0 aliphatic carbocycles. The minimum Gasteiger partial charge on any atom is -0.367 e. The maximum atomic E-state index is 12.2. The summed E-state index contributed by atoms with van der Waals surface area (Å²) in [5, 5.41) is 11.7. The zero-order chi connectivity index (χ0) is 14.7. The lowest BCUT2D eigenvalue weighted by atomic mass is 10.1. The number of benzene rings is 1. The Kier molecular flexibility index (Phi) is 3.62. The smallest absolute Gasteiger partial charge is 0.254 e. The Morgan fingerprint density at radius 2 is 2.10 bits per heavy atom. The predicted molar refractivity (Wildman–Crippen MR) is 72.5 cm³/mol. The number of hydrogen-bond donors (Lipinski definition) is 2. The summed E-state index contributed by atoms with van der Waals surface area (Å²) in [6.45, 7) is 1.76. The Morgan fingerprint density at radius 1 is 1.40 bits per heavy atom. The van der Waals surface area contributed by atoms with Gasteiger partial charge >= 0.3 is 0 Å². The van der Waals surface area contributed by atoms with Crippen LogP contribution in [-0.4, -0.2) is 22.8 Å². The van der Waals surface area contributed by atoms with E-state index in [9.17, 15) is 9.59 Å². The van der Waals surface area contributed by atoms with E-state index >= 15 is 0 Å². The average molecular weight is 268 g/mol. The van der Waals surface area contributed by atoms with Crippen molar-refractivity contribution in [2.24, 2.45) is 5.73 Å². The van der Waals surface area contributed by atoms with Crippen LogP contribution >= 0.6 is 0 Å². The molecule has 0 saturated carbocycles. The topological polar surface area (TPSA) is 109 Å². The van der Waals surface area contributed by atoms with Gasteiger partial charge in [0.05, 0.1) is 17.1 Å². The summed E-state index contributed by atoms with van der Waals surface area (Å²) >= 11 is 0. The summed E-state index contributed by atoms with van der Waals surface area (Å²) in [6.07, 6.45) is 0. The highest BCUT2D eigenvalue weighted by atomic mass is 16.2. The van der Waals surface area contributed by atoms with Crippen molar-refractivity contribution in [1.82, 2.24) is 10.3 Å². The molecule has 1 unspecified atom stereocenters. The number of aryl methyl sites for hydroxylation is 1. The van der Waals surface area contributed by atoms with Gasteiger partial charge in [-0.2, -0.15) is 5.26 Å². The highest BCUT2D eigenvalue weighted by Gasteiger charge is 2.19. The molecule has 3 N–H and O–H groups in total. The largest absolute Gasteiger partial charge is 0.367 e. The van der Waals surface area contributed by atoms with Gasteiger partial charge in [0.25, 0.3) is 11.8 Å². The third-order valence-corrected chi connectivity index (χ3v) is 2.78. The second kappa shape index (κ2) is 5.36. The number of aromatic nitrogens is 1. The summed E-state index contributed by atoms with van der Waals surface area (Å²) in [6, 6.07) is 9.04. The first-order valence-electron chi connectivity index (χ1n) is 5.89. The first kappa shape index (κ1) is 13.5. The number of primary amides is 1. The molecule has 0 spiro atoms.